The van der Waals surface area contributed by atoms with Crippen LogP contribution in [0.15, 0.2) is 61.2 Å². The monoisotopic (exact) mass is 412 g/mol. The van der Waals surface area contributed by atoms with E-state index in [-0.39, 0.29) is 5.39 Å². The van der Waals surface area contributed by atoms with E-state index in [0.29, 0.717) is 11.3 Å². The van der Waals surface area contributed by atoms with Crippen LogP contribution in [0.3, 0.4) is 0 Å². The van der Waals surface area contributed by atoms with Gasteiger partial charge in [-0.25, -0.2) is 4.39 Å². The number of alkyl halides is 3. The van der Waals surface area contributed by atoms with Gasteiger partial charge in [0.1, 0.15) is 5.82 Å². The van der Waals surface area contributed by atoms with Crippen LogP contribution < -0.4 is 0 Å². The zero-order chi connectivity index (χ0) is 21.3. The summed E-state index contributed by atoms with van der Waals surface area (Å²) < 4.78 is 53.6. The Hall–Kier alpha value is -3.02. The molecule has 0 fully saturated rings. The molecule has 0 N–H and O–H groups in total. The molecular formula is C24H20F4N2. The smallest absolute Gasteiger partial charge is 0.262 e. The summed E-state index contributed by atoms with van der Waals surface area (Å²) in [6, 6.07) is 9.44. The van der Waals surface area contributed by atoms with E-state index < -0.39 is 17.6 Å². The molecule has 1 aliphatic carbocycles. The van der Waals surface area contributed by atoms with Gasteiger partial charge in [0.05, 0.1) is 5.56 Å². The molecule has 0 amide bonds. The van der Waals surface area contributed by atoms with Gasteiger partial charge in [0.2, 0.25) is 0 Å². The van der Waals surface area contributed by atoms with Gasteiger partial charge in [-0.05, 0) is 63.9 Å². The first kappa shape index (κ1) is 20.3. The van der Waals surface area contributed by atoms with Crippen LogP contribution in [0.2, 0.25) is 0 Å². The summed E-state index contributed by atoms with van der Waals surface area (Å²) in [7, 11) is 0. The number of aromatic nitrogens is 2. The van der Waals surface area contributed by atoms with Crippen LogP contribution in [0.25, 0.3) is 21.5 Å². The molecule has 1 aromatic heterocycles. The maximum Gasteiger partial charge on any atom is 0.419 e. The zero-order valence-electron chi connectivity index (χ0n) is 16.4. The molecule has 3 aromatic carbocycles. The van der Waals surface area contributed by atoms with Crippen LogP contribution in [-0.2, 0) is 12.6 Å². The van der Waals surface area contributed by atoms with Crippen LogP contribution in [0, 0.1) is 5.82 Å². The molecule has 154 valence electrons. The van der Waals surface area contributed by atoms with Gasteiger partial charge in [-0.15, -0.1) is 0 Å². The van der Waals surface area contributed by atoms with Crippen molar-refractivity contribution in [3.63, 3.8) is 0 Å². The Morgan fingerprint density at radius 1 is 0.800 bits per heavy atom. The maximum atomic E-state index is 13.8. The molecule has 30 heavy (non-hydrogen) atoms. The topological polar surface area (TPSA) is 25.8 Å². The third kappa shape index (κ3) is 3.74. The van der Waals surface area contributed by atoms with Crippen molar-refractivity contribution in [1.29, 1.82) is 0 Å². The summed E-state index contributed by atoms with van der Waals surface area (Å²) >= 11 is 0. The van der Waals surface area contributed by atoms with Gasteiger partial charge >= 0.3 is 6.18 Å². The highest BCUT2D eigenvalue weighted by molar-refractivity contribution is 6.10. The van der Waals surface area contributed by atoms with Gasteiger partial charge in [0.25, 0.3) is 0 Å². The molecule has 0 saturated heterocycles. The normalized spacial score (nSPS) is 16.1. The van der Waals surface area contributed by atoms with E-state index >= 15 is 0 Å². The highest BCUT2D eigenvalue weighted by atomic mass is 19.4. The third-order valence-corrected chi connectivity index (χ3v) is 5.65. The van der Waals surface area contributed by atoms with Crippen molar-refractivity contribution >= 4 is 21.5 Å². The number of nitrogens with zero attached hydrogens (tertiary/aromatic N) is 2. The number of hydrogen-bond donors (Lipinski definition) is 0. The summed E-state index contributed by atoms with van der Waals surface area (Å²) in [5.74, 6) is -0.756. The number of aryl methyl sites for hydroxylation is 1. The highest BCUT2D eigenvalue weighted by Crippen LogP contribution is 2.41. The first-order valence-corrected chi connectivity index (χ1v) is 9.82. The van der Waals surface area contributed by atoms with Crippen molar-refractivity contribution in [3.8, 4) is 0 Å². The predicted octanol–water partition coefficient (Wildman–Crippen LogP) is 7.07. The molecule has 0 aliphatic heterocycles. The molecule has 4 aromatic rings. The quantitative estimate of drug-likeness (QED) is 0.228. The van der Waals surface area contributed by atoms with Gasteiger partial charge in [0, 0.05) is 24.8 Å². The lowest BCUT2D eigenvalue weighted by Gasteiger charge is -2.24. The van der Waals surface area contributed by atoms with Gasteiger partial charge in [-0.2, -0.15) is 13.2 Å². The van der Waals surface area contributed by atoms with Crippen LogP contribution in [-0.4, -0.2) is 9.97 Å². The minimum Gasteiger partial charge on any atom is -0.262 e. The van der Waals surface area contributed by atoms with E-state index in [4.69, 9.17) is 0 Å². The molecule has 0 unspecified atom stereocenters. The number of hydrogen-bond acceptors (Lipinski definition) is 2. The highest BCUT2D eigenvalue weighted by Gasteiger charge is 2.36. The molecule has 0 saturated carbocycles. The zero-order valence-corrected chi connectivity index (χ0v) is 16.4. The third-order valence-electron chi connectivity index (χ3n) is 5.65. The number of rotatable bonds is 0. The standard InChI is InChI=1S/C20H16F4.C4H4N2/c1-11-3-2-4-13-12(11)5-6-15-14(13)7-8-17-16(15)9-10-18(21)19(17)20(22,23)24;1-2-6-4-3-5-1/h5-11H,2-4H2,1H3;1-4H/t11-;/m1./s1. The van der Waals surface area contributed by atoms with Gasteiger partial charge in [-0.1, -0.05) is 37.3 Å². The maximum absolute atomic E-state index is 13.8. The fourth-order valence-corrected chi connectivity index (χ4v) is 4.30. The molecule has 0 bridgehead atoms. The molecule has 1 atom stereocenters. The molecule has 1 aliphatic rings. The second-order valence-corrected chi connectivity index (χ2v) is 7.50. The number of halogens is 4. The fraction of sp³-hybridized carbons (Fsp3) is 0.250. The minimum absolute atomic E-state index is 0.0705. The largest absolute Gasteiger partial charge is 0.419 e. The van der Waals surface area contributed by atoms with Crippen LogP contribution >= 0.6 is 0 Å². The summed E-state index contributed by atoms with van der Waals surface area (Å²) in [5.41, 5.74) is 1.34. The Morgan fingerprint density at radius 2 is 1.37 bits per heavy atom. The second-order valence-electron chi connectivity index (χ2n) is 7.50. The van der Waals surface area contributed by atoms with Crippen molar-refractivity contribution in [3.05, 3.63) is 83.7 Å². The average molecular weight is 412 g/mol. The van der Waals surface area contributed by atoms with Crippen molar-refractivity contribution in [1.82, 2.24) is 9.97 Å². The summed E-state index contributed by atoms with van der Waals surface area (Å²) in [6.07, 6.45) is 5.01. The predicted molar refractivity (Wildman–Crippen MR) is 110 cm³/mol. The van der Waals surface area contributed by atoms with Crippen molar-refractivity contribution in [2.45, 2.75) is 38.3 Å². The Bertz CT molecular complexity index is 1160. The van der Waals surface area contributed by atoms with E-state index in [1.165, 1.54) is 23.3 Å². The molecule has 2 nitrogen and oxygen atoms in total. The van der Waals surface area contributed by atoms with Gasteiger partial charge < -0.3 is 0 Å². The Balaban J connectivity index is 0.000000313. The Labute approximate surface area is 171 Å². The molecule has 0 radical (unpaired) electrons. The van der Waals surface area contributed by atoms with Crippen molar-refractivity contribution in [2.75, 3.05) is 0 Å². The van der Waals surface area contributed by atoms with Crippen molar-refractivity contribution < 1.29 is 17.6 Å². The Kier molecular flexibility index (Phi) is 5.41. The first-order chi connectivity index (χ1) is 14.4. The minimum atomic E-state index is -4.71. The van der Waals surface area contributed by atoms with Gasteiger partial charge in [-0.3, -0.25) is 9.97 Å². The van der Waals surface area contributed by atoms with E-state index in [0.717, 1.165) is 36.1 Å². The van der Waals surface area contributed by atoms with E-state index in [1.807, 2.05) is 12.1 Å². The summed E-state index contributed by atoms with van der Waals surface area (Å²) in [6.45, 7) is 2.18. The van der Waals surface area contributed by atoms with Crippen LogP contribution in [0.4, 0.5) is 17.6 Å². The fourth-order valence-electron chi connectivity index (χ4n) is 4.30. The lowest BCUT2D eigenvalue weighted by Crippen LogP contribution is -2.10. The van der Waals surface area contributed by atoms with E-state index in [1.54, 1.807) is 30.9 Å². The molecule has 6 heteroatoms. The lowest BCUT2D eigenvalue weighted by atomic mass is 9.81. The van der Waals surface area contributed by atoms with Gasteiger partial charge in [0.15, 0.2) is 0 Å². The second kappa shape index (κ2) is 8.01. The lowest BCUT2D eigenvalue weighted by molar-refractivity contribution is -0.138. The summed E-state index contributed by atoms with van der Waals surface area (Å²) in [5, 5.41) is 2.15. The number of fused-ring (bicyclic) bond motifs is 5. The van der Waals surface area contributed by atoms with E-state index in [9.17, 15) is 17.6 Å². The summed E-state index contributed by atoms with van der Waals surface area (Å²) in [4.78, 5) is 7.44. The molecule has 1 heterocycles. The van der Waals surface area contributed by atoms with Crippen molar-refractivity contribution in [2.24, 2.45) is 0 Å². The van der Waals surface area contributed by atoms with Crippen LogP contribution in [0.5, 0.6) is 0 Å². The molecule has 5 rings (SSSR count). The Morgan fingerprint density at radius 3 is 2.00 bits per heavy atom. The first-order valence-electron chi connectivity index (χ1n) is 9.82. The molecule has 0 spiro atoms. The van der Waals surface area contributed by atoms with Crippen LogP contribution in [0.1, 0.15) is 42.4 Å². The van der Waals surface area contributed by atoms with E-state index in [2.05, 4.69) is 16.9 Å². The average Bonchev–Trinajstić information content (AvgIpc) is 2.74. The molecular weight excluding hydrogens is 392 g/mol. The SMILES string of the molecule is C[C@@H]1CCCc2c1ccc1c2ccc2c(C(F)(F)F)c(F)ccc21.c1cnccn1. The number of benzene rings is 3.